The fourth-order valence-corrected chi connectivity index (χ4v) is 4.78. The van der Waals surface area contributed by atoms with Gasteiger partial charge in [-0.3, -0.25) is 4.79 Å². The van der Waals surface area contributed by atoms with Crippen molar-refractivity contribution in [1.29, 1.82) is 0 Å². The summed E-state index contributed by atoms with van der Waals surface area (Å²) in [6.07, 6.45) is 1.54. The lowest BCUT2D eigenvalue weighted by molar-refractivity contribution is 0.102. The second kappa shape index (κ2) is 8.37. The van der Waals surface area contributed by atoms with Crippen molar-refractivity contribution in [3.8, 4) is 0 Å². The van der Waals surface area contributed by atoms with Gasteiger partial charge in [-0.2, -0.15) is 4.31 Å². The Kier molecular flexibility index (Phi) is 6.29. The van der Waals surface area contributed by atoms with E-state index in [1.807, 2.05) is 0 Å². The molecule has 28 heavy (non-hydrogen) atoms. The molecule has 1 amide bonds. The number of hydrogen-bond acceptors (Lipinski definition) is 3. The number of sulfonamides is 1. The first-order valence-electron chi connectivity index (χ1n) is 8.74. The van der Waals surface area contributed by atoms with Crippen LogP contribution in [0.15, 0.2) is 41.3 Å². The van der Waals surface area contributed by atoms with E-state index in [0.29, 0.717) is 29.7 Å². The fourth-order valence-electron chi connectivity index (χ4n) is 2.99. The molecular weight excluding hydrogens is 426 g/mol. The minimum Gasteiger partial charge on any atom is -0.322 e. The summed E-state index contributed by atoms with van der Waals surface area (Å²) < 4.78 is 41.3. The third-order valence-electron chi connectivity index (χ3n) is 4.74. The second-order valence-electron chi connectivity index (χ2n) is 6.81. The first-order valence-corrected chi connectivity index (χ1v) is 10.9. The Labute approximate surface area is 173 Å². The standard InChI is InChI=1S/C19H19Cl2FN2O3S/c1-12-6-8-24(9-7-12)28(26,27)14-3-5-18(22)15(11-14)19(25)23-13-2-4-16(20)17(21)10-13/h2-5,10-12H,6-9H2,1H3,(H,23,25). The highest BCUT2D eigenvalue weighted by Gasteiger charge is 2.29. The Morgan fingerprint density at radius 2 is 1.79 bits per heavy atom. The molecule has 0 unspecified atom stereocenters. The van der Waals surface area contributed by atoms with Gasteiger partial charge in [-0.15, -0.1) is 0 Å². The maximum Gasteiger partial charge on any atom is 0.258 e. The van der Waals surface area contributed by atoms with Crippen molar-refractivity contribution in [2.24, 2.45) is 5.92 Å². The summed E-state index contributed by atoms with van der Waals surface area (Å²) in [5, 5.41) is 3.05. The zero-order valence-corrected chi connectivity index (χ0v) is 17.4. The van der Waals surface area contributed by atoms with Crippen LogP contribution >= 0.6 is 23.2 Å². The van der Waals surface area contributed by atoms with E-state index in [0.717, 1.165) is 25.0 Å². The number of nitrogens with one attached hydrogen (secondary N) is 1. The minimum atomic E-state index is -3.80. The van der Waals surface area contributed by atoms with Crippen molar-refractivity contribution < 1.29 is 17.6 Å². The second-order valence-corrected chi connectivity index (χ2v) is 9.56. The molecule has 1 N–H and O–H groups in total. The molecule has 3 rings (SSSR count). The number of piperidine rings is 1. The molecule has 0 atom stereocenters. The zero-order chi connectivity index (χ0) is 20.5. The van der Waals surface area contributed by atoms with E-state index in [4.69, 9.17) is 23.2 Å². The Bertz CT molecular complexity index is 1010. The molecule has 9 heteroatoms. The summed E-state index contributed by atoms with van der Waals surface area (Å²) in [7, 11) is -3.80. The van der Waals surface area contributed by atoms with E-state index in [1.54, 1.807) is 0 Å². The van der Waals surface area contributed by atoms with Crippen molar-refractivity contribution in [3.63, 3.8) is 0 Å². The normalized spacial score (nSPS) is 16.1. The third kappa shape index (κ3) is 4.49. The lowest BCUT2D eigenvalue weighted by atomic mass is 10.0. The molecule has 1 fully saturated rings. The SMILES string of the molecule is CC1CCN(S(=O)(=O)c2ccc(F)c(C(=O)Nc3ccc(Cl)c(Cl)c3)c2)CC1. The summed E-state index contributed by atoms with van der Waals surface area (Å²) in [6.45, 7) is 2.89. The van der Waals surface area contributed by atoms with Gasteiger partial charge in [0, 0.05) is 18.8 Å². The summed E-state index contributed by atoms with van der Waals surface area (Å²) in [5.41, 5.74) is -0.0467. The summed E-state index contributed by atoms with van der Waals surface area (Å²) in [4.78, 5) is 12.4. The molecule has 0 spiro atoms. The highest BCUT2D eigenvalue weighted by atomic mass is 35.5. The molecular formula is C19H19Cl2FN2O3S. The number of hydrogen-bond donors (Lipinski definition) is 1. The van der Waals surface area contributed by atoms with Crippen molar-refractivity contribution >= 4 is 44.8 Å². The van der Waals surface area contributed by atoms with Crippen molar-refractivity contribution in [3.05, 3.63) is 57.8 Å². The van der Waals surface area contributed by atoms with E-state index in [2.05, 4.69) is 12.2 Å². The van der Waals surface area contributed by atoms with Crippen LogP contribution in [0.25, 0.3) is 0 Å². The number of amides is 1. The zero-order valence-electron chi connectivity index (χ0n) is 15.1. The van der Waals surface area contributed by atoms with Gasteiger partial charge in [0.2, 0.25) is 10.0 Å². The molecule has 1 saturated heterocycles. The predicted molar refractivity (Wildman–Crippen MR) is 108 cm³/mol. The molecule has 1 heterocycles. The highest BCUT2D eigenvalue weighted by Crippen LogP contribution is 2.27. The number of carbonyl (C=O) groups is 1. The number of carbonyl (C=O) groups excluding carboxylic acids is 1. The summed E-state index contributed by atoms with van der Waals surface area (Å²) in [5.74, 6) is -1.13. The van der Waals surface area contributed by atoms with Crippen LogP contribution in [-0.4, -0.2) is 31.7 Å². The van der Waals surface area contributed by atoms with Gasteiger partial charge in [0.05, 0.1) is 20.5 Å². The molecule has 0 aromatic heterocycles. The van der Waals surface area contributed by atoms with Crippen molar-refractivity contribution in [1.82, 2.24) is 4.31 Å². The smallest absolute Gasteiger partial charge is 0.258 e. The molecule has 0 bridgehead atoms. The fraction of sp³-hybridized carbons (Fsp3) is 0.316. The Hall–Kier alpha value is -1.67. The van der Waals surface area contributed by atoms with E-state index >= 15 is 0 Å². The topological polar surface area (TPSA) is 66.5 Å². The first kappa shape index (κ1) is 21.0. The van der Waals surface area contributed by atoms with E-state index in [-0.39, 0.29) is 15.5 Å². The maximum atomic E-state index is 14.2. The van der Waals surface area contributed by atoms with Gasteiger partial charge in [0.1, 0.15) is 5.82 Å². The molecule has 1 aliphatic rings. The highest BCUT2D eigenvalue weighted by molar-refractivity contribution is 7.89. The molecule has 2 aromatic rings. The number of benzene rings is 2. The van der Waals surface area contributed by atoms with Crippen molar-refractivity contribution in [2.45, 2.75) is 24.7 Å². The molecule has 5 nitrogen and oxygen atoms in total. The molecule has 0 aliphatic carbocycles. The van der Waals surface area contributed by atoms with Gasteiger partial charge < -0.3 is 5.32 Å². The van der Waals surface area contributed by atoms with Crippen LogP contribution in [0.1, 0.15) is 30.1 Å². The van der Waals surface area contributed by atoms with E-state index in [9.17, 15) is 17.6 Å². The minimum absolute atomic E-state index is 0.109. The number of nitrogens with zero attached hydrogens (tertiary/aromatic N) is 1. The molecule has 150 valence electrons. The van der Waals surface area contributed by atoms with Gasteiger partial charge in [-0.25, -0.2) is 12.8 Å². The number of halogens is 3. The van der Waals surface area contributed by atoms with Crippen LogP contribution in [0, 0.1) is 11.7 Å². The average Bonchev–Trinajstić information content (AvgIpc) is 2.65. The Morgan fingerprint density at radius 3 is 2.43 bits per heavy atom. The van der Waals surface area contributed by atoms with Gasteiger partial charge in [0.25, 0.3) is 5.91 Å². The van der Waals surface area contributed by atoms with Gasteiger partial charge in [-0.1, -0.05) is 30.1 Å². The van der Waals surface area contributed by atoms with Crippen LogP contribution in [0.5, 0.6) is 0 Å². The monoisotopic (exact) mass is 444 g/mol. The number of anilines is 1. The lowest BCUT2D eigenvalue weighted by Crippen LogP contribution is -2.38. The van der Waals surface area contributed by atoms with Gasteiger partial charge in [-0.05, 0) is 55.2 Å². The maximum absolute atomic E-state index is 14.2. The van der Waals surface area contributed by atoms with Crippen LogP contribution in [0.3, 0.4) is 0 Å². The lowest BCUT2D eigenvalue weighted by Gasteiger charge is -2.29. The predicted octanol–water partition coefficient (Wildman–Crippen LogP) is 4.81. The molecule has 2 aromatic carbocycles. The van der Waals surface area contributed by atoms with Gasteiger partial charge in [0.15, 0.2) is 0 Å². The molecule has 0 saturated carbocycles. The Balaban J connectivity index is 1.86. The first-order chi connectivity index (χ1) is 13.2. The van der Waals surface area contributed by atoms with E-state index < -0.39 is 21.7 Å². The van der Waals surface area contributed by atoms with Crippen LogP contribution < -0.4 is 5.32 Å². The molecule has 0 radical (unpaired) electrons. The van der Waals surface area contributed by atoms with Crippen LogP contribution in [-0.2, 0) is 10.0 Å². The quantitative estimate of drug-likeness (QED) is 0.735. The van der Waals surface area contributed by atoms with Crippen molar-refractivity contribution in [2.75, 3.05) is 18.4 Å². The summed E-state index contributed by atoms with van der Waals surface area (Å²) >= 11 is 11.8. The number of rotatable bonds is 4. The van der Waals surface area contributed by atoms with Crippen LogP contribution in [0.2, 0.25) is 10.0 Å². The Morgan fingerprint density at radius 1 is 1.11 bits per heavy atom. The average molecular weight is 445 g/mol. The largest absolute Gasteiger partial charge is 0.322 e. The van der Waals surface area contributed by atoms with Crippen LogP contribution in [0.4, 0.5) is 10.1 Å². The third-order valence-corrected chi connectivity index (χ3v) is 7.37. The van der Waals surface area contributed by atoms with E-state index in [1.165, 1.54) is 28.6 Å². The molecule has 1 aliphatic heterocycles. The van der Waals surface area contributed by atoms with Gasteiger partial charge >= 0.3 is 0 Å². The summed E-state index contributed by atoms with van der Waals surface area (Å²) in [6, 6.07) is 7.67.